The van der Waals surface area contributed by atoms with Gasteiger partial charge in [-0.1, -0.05) is 57.0 Å². The monoisotopic (exact) mass is 426 g/mol. The molecule has 0 saturated carbocycles. The van der Waals surface area contributed by atoms with Gasteiger partial charge in [-0.25, -0.2) is 4.98 Å². The smallest absolute Gasteiger partial charge is 0.255 e. The van der Waals surface area contributed by atoms with Crippen LogP contribution in [0.25, 0.3) is 0 Å². The number of anilines is 1. The number of H-pyrrole nitrogens is 1. The van der Waals surface area contributed by atoms with Gasteiger partial charge >= 0.3 is 0 Å². The second-order valence-corrected chi connectivity index (χ2v) is 8.09. The number of benzene rings is 1. The molecule has 0 bridgehead atoms. The van der Waals surface area contributed by atoms with Gasteiger partial charge in [-0.2, -0.15) is 0 Å². The maximum atomic E-state index is 12.8. The first-order valence-electron chi connectivity index (χ1n) is 11.3. The van der Waals surface area contributed by atoms with E-state index in [0.717, 1.165) is 18.4 Å². The predicted molar refractivity (Wildman–Crippen MR) is 122 cm³/mol. The first-order chi connectivity index (χ1) is 15.0. The molecule has 7 heteroatoms. The maximum Gasteiger partial charge on any atom is 0.255 e. The number of rotatable bonds is 9. The second-order valence-electron chi connectivity index (χ2n) is 8.09. The summed E-state index contributed by atoms with van der Waals surface area (Å²) in [6.07, 6.45) is 2.60. The molecular weight excluding hydrogens is 392 g/mol. The standard InChI is InChI=1S/C24H34N4O3/c1-4-18(5-2)22(19-9-7-6-8-10-19)26-21(29)12-11-20-17(3)25-24(27-23(20)30)28-13-15-31-16-14-28/h6-10,18,22H,4-5,11-16H2,1-3H3,(H,26,29)(H,25,27,30). The van der Waals surface area contributed by atoms with E-state index in [0.29, 0.717) is 55.8 Å². The summed E-state index contributed by atoms with van der Waals surface area (Å²) in [5, 5.41) is 3.21. The highest BCUT2D eigenvalue weighted by Crippen LogP contribution is 2.27. The molecule has 3 rings (SSSR count). The van der Waals surface area contributed by atoms with E-state index in [2.05, 4.69) is 41.3 Å². The van der Waals surface area contributed by atoms with Crippen molar-refractivity contribution in [3.8, 4) is 0 Å². The highest BCUT2D eigenvalue weighted by Gasteiger charge is 2.23. The van der Waals surface area contributed by atoms with Crippen LogP contribution in [0.2, 0.25) is 0 Å². The number of amides is 1. The third-order valence-corrected chi connectivity index (χ3v) is 6.12. The number of hydrogen-bond donors (Lipinski definition) is 2. The number of morpholine rings is 1. The second kappa shape index (κ2) is 11.1. The minimum Gasteiger partial charge on any atom is -0.378 e. The molecule has 1 aliphatic rings. The summed E-state index contributed by atoms with van der Waals surface area (Å²) in [5.41, 5.74) is 2.21. The Kier molecular flexibility index (Phi) is 8.23. The van der Waals surface area contributed by atoms with Crippen molar-refractivity contribution in [2.24, 2.45) is 5.92 Å². The van der Waals surface area contributed by atoms with Gasteiger partial charge in [0.25, 0.3) is 5.56 Å². The fourth-order valence-electron chi connectivity index (χ4n) is 4.19. The van der Waals surface area contributed by atoms with E-state index in [1.807, 2.05) is 30.0 Å². The zero-order valence-electron chi connectivity index (χ0n) is 18.8. The first kappa shape index (κ1) is 23.0. The average molecular weight is 427 g/mol. The Bertz CT molecular complexity index is 903. The molecule has 1 aliphatic heterocycles. The third-order valence-electron chi connectivity index (χ3n) is 6.12. The summed E-state index contributed by atoms with van der Waals surface area (Å²) in [5.74, 6) is 0.902. The fourth-order valence-corrected chi connectivity index (χ4v) is 4.19. The number of nitrogens with one attached hydrogen (secondary N) is 2. The molecule has 2 heterocycles. The molecule has 1 atom stereocenters. The molecule has 1 fully saturated rings. The SMILES string of the molecule is CCC(CC)C(NC(=O)CCc1c(C)nc(N2CCOCC2)[nH]c1=O)c1ccccc1. The van der Waals surface area contributed by atoms with Crippen LogP contribution in [-0.2, 0) is 16.0 Å². The van der Waals surface area contributed by atoms with Crippen molar-refractivity contribution >= 4 is 11.9 Å². The highest BCUT2D eigenvalue weighted by molar-refractivity contribution is 5.76. The fraction of sp³-hybridized carbons (Fsp3) is 0.542. The van der Waals surface area contributed by atoms with Crippen molar-refractivity contribution in [1.82, 2.24) is 15.3 Å². The highest BCUT2D eigenvalue weighted by atomic mass is 16.5. The quantitative estimate of drug-likeness (QED) is 0.643. The average Bonchev–Trinajstić information content (AvgIpc) is 2.79. The van der Waals surface area contributed by atoms with Crippen LogP contribution >= 0.6 is 0 Å². The van der Waals surface area contributed by atoms with Crippen molar-refractivity contribution in [3.05, 3.63) is 57.5 Å². The molecule has 0 aliphatic carbocycles. The Morgan fingerprint density at radius 3 is 2.48 bits per heavy atom. The Morgan fingerprint density at radius 2 is 1.87 bits per heavy atom. The number of carbonyl (C=O) groups excluding carboxylic acids is 1. The van der Waals surface area contributed by atoms with Crippen LogP contribution in [0.1, 0.15) is 56.0 Å². The van der Waals surface area contributed by atoms with E-state index in [1.165, 1.54) is 0 Å². The molecule has 2 N–H and O–H groups in total. The summed E-state index contributed by atoms with van der Waals surface area (Å²) in [4.78, 5) is 35.0. The number of aromatic nitrogens is 2. The van der Waals surface area contributed by atoms with Gasteiger partial charge in [0.1, 0.15) is 0 Å². The number of aryl methyl sites for hydroxylation is 1. The summed E-state index contributed by atoms with van der Waals surface area (Å²) < 4.78 is 5.36. The minimum absolute atomic E-state index is 0.0232. The number of carbonyl (C=O) groups is 1. The lowest BCUT2D eigenvalue weighted by Gasteiger charge is -2.27. The van der Waals surface area contributed by atoms with Gasteiger partial charge in [0.05, 0.1) is 19.3 Å². The van der Waals surface area contributed by atoms with E-state index in [1.54, 1.807) is 0 Å². The van der Waals surface area contributed by atoms with E-state index < -0.39 is 0 Å². The lowest BCUT2D eigenvalue weighted by Crippen LogP contribution is -2.39. The molecule has 0 radical (unpaired) electrons. The molecule has 31 heavy (non-hydrogen) atoms. The van der Waals surface area contributed by atoms with Gasteiger partial charge in [0.2, 0.25) is 11.9 Å². The van der Waals surface area contributed by atoms with Gasteiger partial charge in [-0.05, 0) is 24.8 Å². The zero-order chi connectivity index (χ0) is 22.2. The van der Waals surface area contributed by atoms with Crippen LogP contribution in [-0.4, -0.2) is 42.2 Å². The largest absolute Gasteiger partial charge is 0.378 e. The van der Waals surface area contributed by atoms with Gasteiger partial charge in [-0.3, -0.25) is 14.6 Å². The van der Waals surface area contributed by atoms with Gasteiger partial charge in [0, 0.05) is 30.8 Å². The van der Waals surface area contributed by atoms with Gasteiger partial charge < -0.3 is 15.0 Å². The van der Waals surface area contributed by atoms with Crippen molar-refractivity contribution in [2.45, 2.75) is 52.5 Å². The zero-order valence-corrected chi connectivity index (χ0v) is 18.8. The molecule has 1 saturated heterocycles. The first-order valence-corrected chi connectivity index (χ1v) is 11.3. The van der Waals surface area contributed by atoms with Crippen molar-refractivity contribution in [2.75, 3.05) is 31.2 Å². The maximum absolute atomic E-state index is 12.8. The van der Waals surface area contributed by atoms with E-state index in [4.69, 9.17) is 4.74 Å². The van der Waals surface area contributed by atoms with Crippen LogP contribution in [0.4, 0.5) is 5.95 Å². The number of hydrogen-bond acceptors (Lipinski definition) is 5. The van der Waals surface area contributed by atoms with Gasteiger partial charge in [-0.15, -0.1) is 0 Å². The lowest BCUT2D eigenvalue weighted by molar-refractivity contribution is -0.122. The number of nitrogens with zero attached hydrogens (tertiary/aromatic N) is 2. The molecule has 0 spiro atoms. The number of ether oxygens (including phenoxy) is 1. The van der Waals surface area contributed by atoms with Crippen LogP contribution in [0.3, 0.4) is 0 Å². The summed E-state index contributed by atoms with van der Waals surface area (Å²) in [6, 6.07) is 10.1. The van der Waals surface area contributed by atoms with Gasteiger partial charge in [0.15, 0.2) is 0 Å². The molecular formula is C24H34N4O3. The minimum atomic E-state index is -0.165. The van der Waals surface area contributed by atoms with Crippen molar-refractivity contribution < 1.29 is 9.53 Å². The lowest BCUT2D eigenvalue weighted by atomic mass is 9.88. The third kappa shape index (κ3) is 5.94. The van der Waals surface area contributed by atoms with Crippen LogP contribution in [0.5, 0.6) is 0 Å². The molecule has 1 aromatic heterocycles. The molecule has 168 valence electrons. The van der Waals surface area contributed by atoms with Crippen molar-refractivity contribution in [1.29, 1.82) is 0 Å². The molecule has 1 aromatic carbocycles. The van der Waals surface area contributed by atoms with Crippen LogP contribution < -0.4 is 15.8 Å². The summed E-state index contributed by atoms with van der Waals surface area (Å²) in [7, 11) is 0. The number of aromatic amines is 1. The Balaban J connectivity index is 1.67. The summed E-state index contributed by atoms with van der Waals surface area (Å²) in [6.45, 7) is 8.82. The Hall–Kier alpha value is -2.67. The normalized spacial score (nSPS) is 15.2. The molecule has 1 amide bonds. The summed E-state index contributed by atoms with van der Waals surface area (Å²) >= 11 is 0. The van der Waals surface area contributed by atoms with E-state index in [-0.39, 0.29) is 23.9 Å². The Morgan fingerprint density at radius 1 is 1.19 bits per heavy atom. The van der Waals surface area contributed by atoms with E-state index >= 15 is 0 Å². The predicted octanol–water partition coefficient (Wildman–Crippen LogP) is 3.14. The van der Waals surface area contributed by atoms with Crippen molar-refractivity contribution in [3.63, 3.8) is 0 Å². The van der Waals surface area contributed by atoms with Crippen LogP contribution in [0.15, 0.2) is 35.1 Å². The van der Waals surface area contributed by atoms with Crippen LogP contribution in [0, 0.1) is 12.8 Å². The van der Waals surface area contributed by atoms with E-state index in [9.17, 15) is 9.59 Å². The molecule has 2 aromatic rings. The Labute approximate surface area is 184 Å². The molecule has 7 nitrogen and oxygen atoms in total. The molecule has 1 unspecified atom stereocenters. The topological polar surface area (TPSA) is 87.3 Å².